The Bertz CT molecular complexity index is 226. The Labute approximate surface area is 89.3 Å². The Hall–Kier alpha value is 0.120. The Morgan fingerprint density at radius 3 is 2.00 bits per heavy atom. The number of hydrogen-bond donors (Lipinski definition) is 2. The van der Waals surface area contributed by atoms with E-state index < -0.39 is 10.0 Å². The minimum absolute atomic E-state index is 0.0190. The van der Waals surface area contributed by atoms with E-state index in [1.54, 1.807) is 0 Å². The van der Waals surface area contributed by atoms with Crippen molar-refractivity contribution in [3.63, 3.8) is 0 Å². The molecule has 0 radical (unpaired) electrons. The largest absolute Gasteiger partial charge is 0.395 e. The third kappa shape index (κ3) is 5.11. The molecular formula is C7H16ClNO4S. The first kappa shape index (κ1) is 14.1. The van der Waals surface area contributed by atoms with Crippen molar-refractivity contribution in [3.05, 3.63) is 0 Å². The number of alkyl halides is 1. The molecule has 0 rings (SSSR count). The van der Waals surface area contributed by atoms with Gasteiger partial charge in [-0.05, 0) is 6.42 Å². The van der Waals surface area contributed by atoms with Crippen LogP contribution in [0.15, 0.2) is 0 Å². The van der Waals surface area contributed by atoms with E-state index in [1.165, 1.54) is 0 Å². The summed E-state index contributed by atoms with van der Waals surface area (Å²) in [6.07, 6.45) is 0.372. The van der Waals surface area contributed by atoms with Crippen LogP contribution in [0.1, 0.15) is 6.42 Å². The van der Waals surface area contributed by atoms with E-state index in [1.807, 2.05) is 0 Å². The molecule has 0 saturated carbocycles. The molecule has 7 heteroatoms. The fraction of sp³-hybridized carbons (Fsp3) is 1.00. The fourth-order valence-electron chi connectivity index (χ4n) is 0.979. The molecule has 0 atom stereocenters. The minimum Gasteiger partial charge on any atom is -0.395 e. The maximum absolute atomic E-state index is 11.5. The van der Waals surface area contributed by atoms with E-state index in [-0.39, 0.29) is 37.9 Å². The van der Waals surface area contributed by atoms with Crippen molar-refractivity contribution in [1.29, 1.82) is 0 Å². The van der Waals surface area contributed by atoms with Crippen LogP contribution < -0.4 is 0 Å². The lowest BCUT2D eigenvalue weighted by atomic mass is 10.6. The van der Waals surface area contributed by atoms with Gasteiger partial charge in [-0.2, -0.15) is 4.31 Å². The molecule has 0 amide bonds. The molecule has 0 fully saturated rings. The highest BCUT2D eigenvalue weighted by Crippen LogP contribution is 2.03. The zero-order chi connectivity index (χ0) is 11.0. The lowest BCUT2D eigenvalue weighted by Gasteiger charge is -2.19. The molecule has 14 heavy (non-hydrogen) atoms. The van der Waals surface area contributed by atoms with Gasteiger partial charge in [-0.15, -0.1) is 11.6 Å². The number of nitrogens with zero attached hydrogens (tertiary/aromatic N) is 1. The zero-order valence-electron chi connectivity index (χ0n) is 7.89. The molecule has 0 aromatic carbocycles. The molecular weight excluding hydrogens is 230 g/mol. The summed E-state index contributed by atoms with van der Waals surface area (Å²) >= 11 is 5.38. The second kappa shape index (κ2) is 7.42. The van der Waals surface area contributed by atoms with Gasteiger partial charge in [0.1, 0.15) is 0 Å². The molecule has 2 N–H and O–H groups in total. The fourth-order valence-corrected chi connectivity index (χ4v) is 2.76. The number of rotatable bonds is 8. The van der Waals surface area contributed by atoms with Crippen LogP contribution in [0.2, 0.25) is 0 Å². The van der Waals surface area contributed by atoms with E-state index in [2.05, 4.69) is 0 Å². The zero-order valence-corrected chi connectivity index (χ0v) is 9.47. The van der Waals surface area contributed by atoms with Crippen molar-refractivity contribution in [2.24, 2.45) is 0 Å². The Balaban J connectivity index is 4.29. The average molecular weight is 246 g/mol. The second-order valence-corrected chi connectivity index (χ2v) is 5.17. The maximum Gasteiger partial charge on any atom is 0.214 e. The van der Waals surface area contributed by atoms with Crippen molar-refractivity contribution in [3.8, 4) is 0 Å². The Morgan fingerprint density at radius 2 is 1.64 bits per heavy atom. The van der Waals surface area contributed by atoms with Crippen LogP contribution in [0.3, 0.4) is 0 Å². The van der Waals surface area contributed by atoms with Crippen LogP contribution in [0.4, 0.5) is 0 Å². The third-order valence-electron chi connectivity index (χ3n) is 1.63. The smallest absolute Gasteiger partial charge is 0.214 e. The third-order valence-corrected chi connectivity index (χ3v) is 3.85. The Morgan fingerprint density at radius 1 is 1.14 bits per heavy atom. The van der Waals surface area contributed by atoms with Crippen LogP contribution in [0.25, 0.3) is 0 Å². The number of sulfonamides is 1. The molecule has 0 spiro atoms. The van der Waals surface area contributed by atoms with Crippen molar-refractivity contribution >= 4 is 21.6 Å². The van der Waals surface area contributed by atoms with Crippen molar-refractivity contribution in [2.75, 3.05) is 37.9 Å². The first-order valence-electron chi connectivity index (χ1n) is 4.34. The minimum atomic E-state index is -3.38. The number of halogens is 1. The molecule has 5 nitrogen and oxygen atoms in total. The van der Waals surface area contributed by atoms with Gasteiger partial charge in [0.05, 0.1) is 19.0 Å². The van der Waals surface area contributed by atoms with Crippen molar-refractivity contribution < 1.29 is 18.6 Å². The van der Waals surface area contributed by atoms with Gasteiger partial charge in [-0.25, -0.2) is 8.42 Å². The van der Waals surface area contributed by atoms with E-state index in [0.29, 0.717) is 6.42 Å². The van der Waals surface area contributed by atoms with Gasteiger partial charge in [0, 0.05) is 19.0 Å². The molecule has 0 bridgehead atoms. The molecule has 0 unspecified atom stereocenters. The summed E-state index contributed by atoms with van der Waals surface area (Å²) in [6, 6.07) is 0. The second-order valence-electron chi connectivity index (χ2n) is 2.70. The number of aliphatic hydroxyl groups excluding tert-OH is 2. The van der Waals surface area contributed by atoms with Gasteiger partial charge in [0.2, 0.25) is 10.0 Å². The highest BCUT2D eigenvalue weighted by atomic mass is 35.5. The lowest BCUT2D eigenvalue weighted by Crippen LogP contribution is -2.37. The summed E-state index contributed by atoms with van der Waals surface area (Å²) in [5, 5.41) is 17.3. The predicted octanol–water partition coefficient (Wildman–Crippen LogP) is -0.768. The van der Waals surface area contributed by atoms with Gasteiger partial charge in [0.25, 0.3) is 0 Å². The quantitative estimate of drug-likeness (QED) is 0.551. The van der Waals surface area contributed by atoms with E-state index >= 15 is 0 Å². The standard InChI is InChI=1S/C7H16ClNO4S/c8-2-1-7-14(12,13)9(3-5-10)4-6-11/h10-11H,1-7H2. The van der Waals surface area contributed by atoms with Gasteiger partial charge in [-0.3, -0.25) is 0 Å². The summed E-state index contributed by atoms with van der Waals surface area (Å²) in [4.78, 5) is 0. The highest BCUT2D eigenvalue weighted by Gasteiger charge is 2.19. The van der Waals surface area contributed by atoms with Crippen molar-refractivity contribution in [1.82, 2.24) is 4.31 Å². The predicted molar refractivity (Wildman–Crippen MR) is 54.9 cm³/mol. The molecule has 0 heterocycles. The molecule has 0 aromatic rings. The summed E-state index contributed by atoms with van der Waals surface area (Å²) in [6.45, 7) is -0.462. The number of hydrogen-bond acceptors (Lipinski definition) is 4. The van der Waals surface area contributed by atoms with E-state index in [0.717, 1.165) is 4.31 Å². The first-order valence-corrected chi connectivity index (χ1v) is 6.48. The monoisotopic (exact) mass is 245 g/mol. The van der Waals surface area contributed by atoms with Crippen LogP contribution in [-0.4, -0.2) is 60.9 Å². The van der Waals surface area contributed by atoms with Gasteiger partial charge >= 0.3 is 0 Å². The normalized spacial score (nSPS) is 12.3. The summed E-state index contributed by atoms with van der Waals surface area (Å²) < 4.78 is 24.1. The maximum atomic E-state index is 11.5. The summed E-state index contributed by atoms with van der Waals surface area (Å²) in [7, 11) is -3.38. The van der Waals surface area contributed by atoms with Gasteiger partial charge in [0.15, 0.2) is 0 Å². The average Bonchev–Trinajstić information content (AvgIpc) is 2.14. The van der Waals surface area contributed by atoms with Crippen molar-refractivity contribution in [2.45, 2.75) is 6.42 Å². The van der Waals surface area contributed by atoms with Gasteiger partial charge < -0.3 is 10.2 Å². The number of aliphatic hydroxyl groups is 2. The molecule has 0 aliphatic carbocycles. The molecule has 0 saturated heterocycles. The summed E-state index contributed by atoms with van der Waals surface area (Å²) in [5.41, 5.74) is 0. The van der Waals surface area contributed by atoms with Gasteiger partial charge in [-0.1, -0.05) is 0 Å². The Kier molecular flexibility index (Phi) is 7.48. The first-order chi connectivity index (χ1) is 6.58. The topological polar surface area (TPSA) is 77.8 Å². The SMILES string of the molecule is O=S(=O)(CCCCl)N(CCO)CCO. The molecule has 0 aliphatic rings. The molecule has 0 aromatic heterocycles. The highest BCUT2D eigenvalue weighted by molar-refractivity contribution is 7.89. The molecule has 0 aliphatic heterocycles. The van der Waals surface area contributed by atoms with E-state index in [9.17, 15) is 8.42 Å². The van der Waals surface area contributed by atoms with Crippen LogP contribution in [0, 0.1) is 0 Å². The van der Waals surface area contributed by atoms with E-state index in [4.69, 9.17) is 21.8 Å². The van der Waals surface area contributed by atoms with Crippen LogP contribution >= 0.6 is 11.6 Å². The lowest BCUT2D eigenvalue weighted by molar-refractivity contribution is 0.217. The molecule has 86 valence electrons. The summed E-state index contributed by atoms with van der Waals surface area (Å²) in [5.74, 6) is 0.238. The van der Waals surface area contributed by atoms with Crippen LogP contribution in [0.5, 0.6) is 0 Å². The van der Waals surface area contributed by atoms with Crippen LogP contribution in [-0.2, 0) is 10.0 Å².